The van der Waals surface area contributed by atoms with Crippen molar-refractivity contribution in [3.63, 3.8) is 0 Å². The number of fused-ring (bicyclic) bond motifs is 3. The van der Waals surface area contributed by atoms with Crippen LogP contribution >= 0.6 is 0 Å². The number of pyridine rings is 1. The maximum Gasteiger partial charge on any atom is 0.407 e. The van der Waals surface area contributed by atoms with Crippen LogP contribution < -0.4 is 29.6 Å². The molecule has 1 unspecified atom stereocenters. The van der Waals surface area contributed by atoms with Gasteiger partial charge in [0.05, 0.1) is 31.0 Å². The van der Waals surface area contributed by atoms with Crippen molar-refractivity contribution in [3.05, 3.63) is 72.3 Å². The molecule has 2 aliphatic heterocycles. The number of nitrogens with zero attached hydrogens (tertiary/aromatic N) is 2. The molecule has 3 N–H and O–H groups in total. The van der Waals surface area contributed by atoms with Crippen molar-refractivity contribution in [2.45, 2.75) is 126 Å². The number of carbonyl (C=O) groups is 4. The number of benzene rings is 2. The summed E-state index contributed by atoms with van der Waals surface area (Å²) in [6.45, 7) is 8.24. The first-order chi connectivity index (χ1) is 30.2. The molecule has 63 heavy (non-hydrogen) atoms. The van der Waals surface area contributed by atoms with Crippen molar-refractivity contribution in [2.24, 2.45) is 17.3 Å². The van der Waals surface area contributed by atoms with Gasteiger partial charge in [-0.2, -0.15) is 0 Å². The Bertz CT molecular complexity index is 2350. The predicted octanol–water partition coefficient (Wildman–Crippen LogP) is 5.88. The van der Waals surface area contributed by atoms with E-state index >= 15 is 4.79 Å². The molecular weight excluding hydrogens is 827 g/mol. The molecular formula is C47H59N5O10S. The van der Waals surface area contributed by atoms with Crippen LogP contribution in [0.4, 0.5) is 4.79 Å². The minimum Gasteiger partial charge on any atom is -0.496 e. The third kappa shape index (κ3) is 9.90. The monoisotopic (exact) mass is 885 g/mol. The number of nitrogens with one attached hydrogen (secondary N) is 3. The van der Waals surface area contributed by atoms with Gasteiger partial charge in [-0.25, -0.2) is 18.2 Å². The van der Waals surface area contributed by atoms with Gasteiger partial charge < -0.3 is 34.5 Å². The van der Waals surface area contributed by atoms with Crippen molar-refractivity contribution < 1.29 is 46.5 Å². The van der Waals surface area contributed by atoms with Crippen molar-refractivity contribution in [1.82, 2.24) is 25.2 Å². The first-order valence-corrected chi connectivity index (χ1v) is 23.8. The summed E-state index contributed by atoms with van der Waals surface area (Å²) < 4.78 is 52.8. The van der Waals surface area contributed by atoms with E-state index in [4.69, 9.17) is 23.9 Å². The fraction of sp³-hybridized carbons (Fsp3) is 0.553. The number of cyclic esters (lactones) is 1. The number of aromatic nitrogens is 1. The Morgan fingerprint density at radius 3 is 2.51 bits per heavy atom. The Morgan fingerprint density at radius 2 is 1.81 bits per heavy atom. The summed E-state index contributed by atoms with van der Waals surface area (Å²) in [7, 11) is -2.31. The van der Waals surface area contributed by atoms with Gasteiger partial charge in [-0.05, 0) is 79.9 Å². The summed E-state index contributed by atoms with van der Waals surface area (Å²) in [4.78, 5) is 63.4. The van der Waals surface area contributed by atoms with E-state index in [1.165, 1.54) is 11.0 Å². The highest BCUT2D eigenvalue weighted by atomic mass is 32.2. The van der Waals surface area contributed by atoms with Crippen LogP contribution in [-0.2, 0) is 42.2 Å². The molecule has 3 aliphatic carbocycles. The molecule has 3 saturated carbocycles. The highest BCUT2D eigenvalue weighted by Crippen LogP contribution is 2.46. The lowest BCUT2D eigenvalue weighted by Crippen LogP contribution is -2.59. The van der Waals surface area contributed by atoms with Gasteiger partial charge in [0.15, 0.2) is 0 Å². The third-order valence-electron chi connectivity index (χ3n) is 13.3. The number of aryl methyl sites for hydroxylation is 1. The molecule has 3 heterocycles. The lowest BCUT2D eigenvalue weighted by molar-refractivity contribution is -0.142. The molecule has 5 atom stereocenters. The molecule has 5 aliphatic rings. The third-order valence-corrected chi connectivity index (χ3v) is 15.1. The van der Waals surface area contributed by atoms with Gasteiger partial charge in [0.2, 0.25) is 27.7 Å². The maximum atomic E-state index is 15.1. The van der Waals surface area contributed by atoms with Gasteiger partial charge in [0, 0.05) is 29.9 Å². The number of sulfonamides is 1. The summed E-state index contributed by atoms with van der Waals surface area (Å²) in [5.41, 5.74) is 0.475. The van der Waals surface area contributed by atoms with Crippen LogP contribution in [0.2, 0.25) is 0 Å². The molecule has 4 fully saturated rings. The molecule has 338 valence electrons. The topological polar surface area (TPSA) is 192 Å². The highest BCUT2D eigenvalue weighted by molar-refractivity contribution is 7.91. The van der Waals surface area contributed by atoms with Crippen LogP contribution in [0.15, 0.2) is 61.2 Å². The fourth-order valence-electron chi connectivity index (χ4n) is 9.39. The summed E-state index contributed by atoms with van der Waals surface area (Å²) in [6.07, 6.45) is 7.48. The van der Waals surface area contributed by atoms with E-state index in [0.717, 1.165) is 43.2 Å². The van der Waals surface area contributed by atoms with E-state index in [9.17, 15) is 22.8 Å². The fourth-order valence-corrected chi connectivity index (χ4v) is 10.8. The summed E-state index contributed by atoms with van der Waals surface area (Å²) in [6, 6.07) is 13.1. The summed E-state index contributed by atoms with van der Waals surface area (Å²) in [5, 5.41) is 5.83. The summed E-state index contributed by atoms with van der Waals surface area (Å²) >= 11 is 0. The Labute approximate surface area is 369 Å². The normalized spacial score (nSPS) is 26.6. The Balaban J connectivity index is 1.17. The van der Waals surface area contributed by atoms with E-state index in [1.807, 2.05) is 56.3 Å². The van der Waals surface area contributed by atoms with E-state index in [-0.39, 0.29) is 38.5 Å². The summed E-state index contributed by atoms with van der Waals surface area (Å²) in [5.74, 6) is -1.29. The second-order valence-electron chi connectivity index (χ2n) is 18.7. The lowest BCUT2D eigenvalue weighted by atomic mass is 9.83. The van der Waals surface area contributed by atoms with Crippen molar-refractivity contribution in [2.75, 3.05) is 20.3 Å². The van der Waals surface area contributed by atoms with Gasteiger partial charge in [-0.15, -0.1) is 6.58 Å². The van der Waals surface area contributed by atoms with Crippen LogP contribution in [0.5, 0.6) is 17.4 Å². The molecule has 8 rings (SSSR count). The second-order valence-corrected chi connectivity index (χ2v) is 20.7. The first kappa shape index (κ1) is 44.2. The van der Waals surface area contributed by atoms with E-state index in [0.29, 0.717) is 60.4 Å². The van der Waals surface area contributed by atoms with Gasteiger partial charge in [0.25, 0.3) is 5.91 Å². The van der Waals surface area contributed by atoms with E-state index < -0.39 is 74.1 Å². The number of ether oxygens (including phenoxy) is 4. The van der Waals surface area contributed by atoms with Crippen molar-refractivity contribution in [1.29, 1.82) is 0 Å². The van der Waals surface area contributed by atoms with Gasteiger partial charge >= 0.3 is 6.09 Å². The zero-order valence-corrected chi connectivity index (χ0v) is 37.2. The van der Waals surface area contributed by atoms with Crippen molar-refractivity contribution >= 4 is 44.7 Å². The molecule has 0 spiro atoms. The standard InChI is InChI=1S/C47H59N5O10S/c1-5-32-25-47(32,44(55)51-63(57,58)34-18-19-34)50-42(53)37-22-33-26-52(37)43(54)41(30-15-10-7-11-16-30)49-45(56)61-28-46(2,3)20-12-17-31-21-35-36(23-38(31)59-4)48-40(24-39(35)62-33)60-27-29-13-8-6-9-14-29/h5-6,8-9,13-14,21,23-24,30,32-34,37,41H,1,7,10-12,15-20,22,25-28H2,2-4H3,(H,49,56)(H,50,53)(H,51,55)/t32-,33+,37-,41-,47?/m0/s1. The van der Waals surface area contributed by atoms with Gasteiger partial charge in [0.1, 0.15) is 41.8 Å². The Hall–Kier alpha value is -5.38. The molecule has 1 saturated heterocycles. The molecule has 15 nitrogen and oxygen atoms in total. The number of alkyl carbamates (subject to hydrolysis) is 1. The van der Waals surface area contributed by atoms with E-state index in [2.05, 4.69) is 21.9 Å². The first-order valence-electron chi connectivity index (χ1n) is 22.3. The minimum absolute atomic E-state index is 0.0253. The van der Waals surface area contributed by atoms with Gasteiger partial charge in [-0.3, -0.25) is 19.1 Å². The average Bonchev–Trinajstić information content (AvgIpc) is 4.21. The molecule has 4 bridgehead atoms. The Morgan fingerprint density at radius 1 is 1.05 bits per heavy atom. The number of carbonyl (C=O) groups excluding carboxylic acids is 4. The molecule has 1 aromatic heterocycles. The van der Waals surface area contributed by atoms with Gasteiger partial charge in [-0.1, -0.05) is 69.5 Å². The molecule has 0 radical (unpaired) electrons. The predicted molar refractivity (Wildman–Crippen MR) is 234 cm³/mol. The number of rotatable bonds is 11. The van der Waals surface area contributed by atoms with Crippen molar-refractivity contribution in [3.8, 4) is 17.4 Å². The van der Waals surface area contributed by atoms with E-state index in [1.54, 1.807) is 13.2 Å². The van der Waals surface area contributed by atoms with Crippen LogP contribution in [-0.4, -0.2) is 91.4 Å². The lowest BCUT2D eigenvalue weighted by Gasteiger charge is -2.35. The van der Waals surface area contributed by atoms with Crippen LogP contribution in [0.1, 0.15) is 95.6 Å². The number of hydrogen-bond acceptors (Lipinski definition) is 11. The average molecular weight is 886 g/mol. The number of amides is 4. The van der Waals surface area contributed by atoms with Crippen LogP contribution in [0.25, 0.3) is 10.9 Å². The number of methoxy groups -OCH3 is 1. The zero-order valence-electron chi connectivity index (χ0n) is 36.4. The highest BCUT2D eigenvalue weighted by Gasteiger charge is 2.62. The smallest absolute Gasteiger partial charge is 0.407 e. The quantitative estimate of drug-likeness (QED) is 0.195. The maximum absolute atomic E-state index is 15.1. The van der Waals surface area contributed by atoms with Crippen LogP contribution in [0, 0.1) is 17.3 Å². The Kier molecular flexibility index (Phi) is 12.6. The van der Waals surface area contributed by atoms with Crippen LogP contribution in [0.3, 0.4) is 0 Å². The SMILES string of the molecule is C=C[C@H]1CC1(NC(=O)[C@@H]1C[C@@H]2CN1C(=O)[C@H](C1CCCCC1)NC(=O)OCC(C)(C)CCCc1cc3c(cc(OCc4ccccc4)nc3cc1OC)O2)C(=O)NS(=O)(=O)C1CC1. The molecule has 4 amide bonds. The molecule has 3 aromatic rings. The largest absolute Gasteiger partial charge is 0.496 e. The molecule has 16 heteroatoms. The second kappa shape index (κ2) is 18.0. The zero-order chi connectivity index (χ0) is 44.5. The molecule has 2 aromatic carbocycles. The minimum atomic E-state index is -3.93. The number of hydrogen-bond donors (Lipinski definition) is 3.